The molecule has 2 aromatic rings. The number of carbonyl (C=O) groups excluding carboxylic acids is 6. The van der Waals surface area contributed by atoms with Crippen LogP contribution in [0.1, 0.15) is 77.7 Å². The zero-order valence-electron chi connectivity index (χ0n) is 33.0. The van der Waals surface area contributed by atoms with Crippen molar-refractivity contribution in [2.45, 2.75) is 126 Å². The number of rotatable bonds is 13. The van der Waals surface area contributed by atoms with E-state index in [4.69, 9.17) is 14.2 Å². The van der Waals surface area contributed by atoms with E-state index in [0.717, 1.165) is 10.9 Å². The molecule has 18 heteroatoms. The lowest BCUT2D eigenvalue weighted by atomic mass is 9.95. The van der Waals surface area contributed by atoms with Gasteiger partial charge in [-0.25, -0.2) is 23.0 Å². The minimum absolute atomic E-state index is 0.0601. The third kappa shape index (κ3) is 8.61. The Hall–Kier alpha value is -5.26. The number of nitrogens with zero attached hydrogens (tertiary/aromatic N) is 3. The summed E-state index contributed by atoms with van der Waals surface area (Å²) in [4.78, 5) is 89.0. The van der Waals surface area contributed by atoms with Gasteiger partial charge in [0, 0.05) is 30.3 Å². The molecule has 58 heavy (non-hydrogen) atoms. The normalized spacial score (nSPS) is 27.0. The van der Waals surface area contributed by atoms with E-state index in [0.29, 0.717) is 31.1 Å². The van der Waals surface area contributed by atoms with Crippen LogP contribution in [0.15, 0.2) is 43.1 Å². The molecule has 1 aromatic carbocycles. The van der Waals surface area contributed by atoms with E-state index in [-0.39, 0.29) is 44.7 Å². The van der Waals surface area contributed by atoms with Crippen molar-refractivity contribution in [1.29, 1.82) is 0 Å². The van der Waals surface area contributed by atoms with Crippen LogP contribution < -0.4 is 20.1 Å². The van der Waals surface area contributed by atoms with E-state index in [1.54, 1.807) is 27.0 Å². The highest BCUT2D eigenvalue weighted by atomic mass is 32.2. The number of sulfonamides is 1. The summed E-state index contributed by atoms with van der Waals surface area (Å²) in [6.07, 6.45) is 2.46. The number of morpholine rings is 1. The third-order valence-electron chi connectivity index (χ3n) is 11.3. The Morgan fingerprint density at radius 2 is 1.84 bits per heavy atom. The van der Waals surface area contributed by atoms with Crippen LogP contribution in [0.5, 0.6) is 5.88 Å². The van der Waals surface area contributed by atoms with Crippen LogP contribution in [0.3, 0.4) is 0 Å². The summed E-state index contributed by atoms with van der Waals surface area (Å²) in [6.45, 7) is 10.7. The minimum atomic E-state index is -3.95. The van der Waals surface area contributed by atoms with Crippen LogP contribution in [0.2, 0.25) is 0 Å². The van der Waals surface area contributed by atoms with Crippen molar-refractivity contribution in [3.63, 3.8) is 0 Å². The number of ether oxygens (including phenoxy) is 3. The van der Waals surface area contributed by atoms with Gasteiger partial charge in [-0.05, 0) is 83.7 Å². The summed E-state index contributed by atoms with van der Waals surface area (Å²) in [5, 5.41) is 6.24. The molecule has 17 nitrogen and oxygen atoms in total. The van der Waals surface area contributed by atoms with Crippen LogP contribution >= 0.6 is 0 Å². The van der Waals surface area contributed by atoms with E-state index >= 15 is 0 Å². The Labute approximate surface area is 336 Å². The maximum absolute atomic E-state index is 14.7. The van der Waals surface area contributed by atoms with Gasteiger partial charge in [-0.3, -0.25) is 23.9 Å². The number of aryl methyl sites for hydroxylation is 1. The first-order valence-electron chi connectivity index (χ1n) is 19.7. The molecule has 5 heterocycles. The molecule has 1 aromatic heterocycles. The molecular weight excluding hydrogens is 773 g/mol. The molecule has 2 bridgehead atoms. The average Bonchev–Trinajstić information content (AvgIpc) is 4.09. The minimum Gasteiger partial charge on any atom is -0.472 e. The second-order valence-corrected chi connectivity index (χ2v) is 18.9. The fourth-order valence-electron chi connectivity index (χ4n) is 8.03. The molecular formula is C40H50N6O11S. The molecule has 6 fully saturated rings. The first-order chi connectivity index (χ1) is 27.4. The first kappa shape index (κ1) is 40.9. The molecule has 0 spiro atoms. The second kappa shape index (κ2) is 15.5. The molecule has 0 unspecified atom stereocenters. The van der Waals surface area contributed by atoms with Gasteiger partial charge in [-0.15, -0.1) is 6.58 Å². The van der Waals surface area contributed by atoms with Gasteiger partial charge in [-0.1, -0.05) is 23.8 Å². The lowest BCUT2D eigenvalue weighted by molar-refractivity contribution is -0.181. The van der Waals surface area contributed by atoms with Gasteiger partial charge < -0.3 is 34.6 Å². The monoisotopic (exact) mass is 822 g/mol. The SMILES string of the molecule is C=C[C@@H]1C[C@]1(NC(=O)[C@@H]1C[C@@H](Oc2nccc3cc(C)ccc23)CN1C(=O)[C@H](CCC(=O)N1C[C@@H]2CC[C@H]1C(=O)O2)NC(=O)OC(C)(C)C)C(=O)NS(=O)(=O)C1CC1. The van der Waals surface area contributed by atoms with Crippen LogP contribution in [0.4, 0.5) is 4.79 Å². The largest absolute Gasteiger partial charge is 0.472 e. The van der Waals surface area contributed by atoms with Gasteiger partial charge in [0.1, 0.15) is 41.5 Å². The predicted octanol–water partition coefficient (Wildman–Crippen LogP) is 2.15. The number of nitrogens with one attached hydrogen (secondary N) is 3. The molecule has 2 saturated carbocycles. The molecule has 2 aliphatic carbocycles. The molecule has 6 aliphatic rings. The van der Waals surface area contributed by atoms with E-state index in [2.05, 4.69) is 26.9 Å². The zero-order valence-corrected chi connectivity index (χ0v) is 33.8. The number of alkyl carbamates (subject to hydrolysis) is 1. The quantitative estimate of drug-likeness (QED) is 0.196. The van der Waals surface area contributed by atoms with Crippen molar-refractivity contribution in [3.8, 4) is 5.88 Å². The van der Waals surface area contributed by atoms with Crippen molar-refractivity contribution in [1.82, 2.24) is 30.1 Å². The lowest BCUT2D eigenvalue weighted by Gasteiger charge is -2.43. The van der Waals surface area contributed by atoms with Gasteiger partial charge >= 0.3 is 12.1 Å². The molecule has 4 saturated heterocycles. The van der Waals surface area contributed by atoms with E-state index in [1.165, 1.54) is 15.9 Å². The van der Waals surface area contributed by atoms with Crippen LogP contribution in [0.25, 0.3) is 10.8 Å². The van der Waals surface area contributed by atoms with Gasteiger partial charge in [0.15, 0.2) is 0 Å². The van der Waals surface area contributed by atoms with Gasteiger partial charge in [0.05, 0.1) is 18.3 Å². The maximum atomic E-state index is 14.7. The number of pyridine rings is 1. The van der Waals surface area contributed by atoms with Crippen LogP contribution in [-0.2, 0) is 43.5 Å². The highest BCUT2D eigenvalue weighted by molar-refractivity contribution is 7.91. The summed E-state index contributed by atoms with van der Waals surface area (Å²) in [6, 6.07) is 4.20. The van der Waals surface area contributed by atoms with Crippen molar-refractivity contribution >= 4 is 56.5 Å². The number of esters is 1. The number of hydrogen-bond donors (Lipinski definition) is 3. The summed E-state index contributed by atoms with van der Waals surface area (Å²) < 4.78 is 44.8. The Kier molecular flexibility index (Phi) is 10.9. The van der Waals surface area contributed by atoms with Crippen molar-refractivity contribution in [2.75, 3.05) is 13.1 Å². The van der Waals surface area contributed by atoms with Gasteiger partial charge in [0.2, 0.25) is 33.6 Å². The predicted molar refractivity (Wildman–Crippen MR) is 207 cm³/mol. The topological polar surface area (TPSA) is 220 Å². The number of aromatic nitrogens is 1. The summed E-state index contributed by atoms with van der Waals surface area (Å²) in [5.41, 5.74) is -1.54. The number of amides is 5. The molecule has 7 atom stereocenters. The van der Waals surface area contributed by atoms with E-state index < -0.39 is 98.4 Å². The third-order valence-corrected chi connectivity index (χ3v) is 13.1. The van der Waals surface area contributed by atoms with E-state index in [1.807, 2.05) is 31.2 Å². The van der Waals surface area contributed by atoms with Crippen molar-refractivity contribution in [3.05, 3.63) is 48.7 Å². The molecule has 5 amide bonds. The van der Waals surface area contributed by atoms with Crippen molar-refractivity contribution < 1.29 is 51.4 Å². The molecule has 312 valence electrons. The van der Waals surface area contributed by atoms with Gasteiger partial charge in [-0.2, -0.15) is 0 Å². The zero-order chi connectivity index (χ0) is 41.7. The number of carbonyl (C=O) groups is 6. The standard InChI is InChI=1S/C40H50N6O11S/c1-6-24-19-40(24,37(51)44-58(53,54)27-9-10-27)43-33(48)31-18-26(55-34-28-11-7-22(2)17-23(28)15-16-41-34)21-46(31)35(49)29(42-38(52)57-39(3,4)5)12-14-32(47)45-20-25-8-13-30(45)36(50)56-25/h6-7,11,15-17,24-27,29-31H,1,8-10,12-14,18-21H2,2-5H3,(H,42,52)(H,43,48)(H,44,51)/t24-,25+,26-,29+,30+,31+,40-/m1/s1. The Balaban J connectivity index is 1.16. The highest BCUT2D eigenvalue weighted by Gasteiger charge is 2.62. The smallest absolute Gasteiger partial charge is 0.408 e. The fraction of sp³-hybridized carbons (Fsp3) is 0.575. The average molecular weight is 823 g/mol. The molecule has 3 N–H and O–H groups in total. The Morgan fingerprint density at radius 3 is 2.50 bits per heavy atom. The lowest BCUT2D eigenvalue weighted by Crippen LogP contribution is -2.59. The molecule has 4 aliphatic heterocycles. The summed E-state index contributed by atoms with van der Waals surface area (Å²) in [7, 11) is -3.95. The van der Waals surface area contributed by atoms with Gasteiger partial charge in [0.25, 0.3) is 5.91 Å². The summed E-state index contributed by atoms with van der Waals surface area (Å²) >= 11 is 0. The fourth-order valence-corrected chi connectivity index (χ4v) is 9.40. The molecule has 8 rings (SSSR count). The van der Waals surface area contributed by atoms with Crippen molar-refractivity contribution in [2.24, 2.45) is 5.92 Å². The Morgan fingerprint density at radius 1 is 1.09 bits per heavy atom. The number of likely N-dealkylation sites (tertiary alicyclic amines) is 1. The highest BCUT2D eigenvalue weighted by Crippen LogP contribution is 2.45. The number of piperidine rings is 1. The number of hydrogen-bond acceptors (Lipinski definition) is 12. The second-order valence-electron chi connectivity index (χ2n) is 16.9. The maximum Gasteiger partial charge on any atom is 0.408 e. The number of benzene rings is 1. The molecule has 0 radical (unpaired) electrons. The first-order valence-corrected chi connectivity index (χ1v) is 21.2. The number of fused-ring (bicyclic) bond motifs is 4. The van der Waals surface area contributed by atoms with Crippen LogP contribution in [-0.4, -0.2) is 119 Å². The Bertz CT molecular complexity index is 2150. The summed E-state index contributed by atoms with van der Waals surface area (Å²) in [5.74, 6) is -3.56. The van der Waals surface area contributed by atoms with Crippen LogP contribution in [0, 0.1) is 12.8 Å². The van der Waals surface area contributed by atoms with E-state index in [9.17, 15) is 37.2 Å².